The van der Waals surface area contributed by atoms with Crippen LogP contribution in [0.5, 0.6) is 5.75 Å². The zero-order valence-corrected chi connectivity index (χ0v) is 8.71. The molecule has 2 bridgehead atoms. The van der Waals surface area contributed by atoms with E-state index in [4.69, 9.17) is 9.47 Å². The van der Waals surface area contributed by atoms with Gasteiger partial charge in [0, 0.05) is 0 Å². The average molecular weight is 216 g/mol. The fourth-order valence-corrected chi connectivity index (χ4v) is 2.18. The van der Waals surface area contributed by atoms with Gasteiger partial charge in [-0.25, -0.2) is 0 Å². The van der Waals surface area contributed by atoms with Gasteiger partial charge in [-0.05, 0) is 18.6 Å². The van der Waals surface area contributed by atoms with Gasteiger partial charge in [-0.2, -0.15) is 0 Å². The van der Waals surface area contributed by atoms with Crippen LogP contribution in [0.1, 0.15) is 6.42 Å². The number of esters is 1. The first-order chi connectivity index (χ1) is 7.83. The molecule has 2 aliphatic heterocycles. The first-order valence-electron chi connectivity index (χ1n) is 5.43. The highest BCUT2D eigenvalue weighted by Gasteiger charge is 2.42. The predicted molar refractivity (Wildman–Crippen MR) is 58.0 cm³/mol. The van der Waals surface area contributed by atoms with E-state index in [0.717, 1.165) is 6.42 Å². The van der Waals surface area contributed by atoms with Gasteiger partial charge >= 0.3 is 5.97 Å². The quantitative estimate of drug-likeness (QED) is 0.430. The molecule has 0 aliphatic carbocycles. The molecule has 0 aromatic heterocycles. The van der Waals surface area contributed by atoms with Crippen LogP contribution in [-0.4, -0.2) is 18.2 Å². The Bertz CT molecular complexity index is 424. The van der Waals surface area contributed by atoms with E-state index in [1.54, 1.807) is 12.1 Å². The summed E-state index contributed by atoms with van der Waals surface area (Å²) in [5.74, 6) is 0.262. The molecule has 1 saturated heterocycles. The van der Waals surface area contributed by atoms with E-state index in [9.17, 15) is 4.79 Å². The lowest BCUT2D eigenvalue weighted by Crippen LogP contribution is -2.27. The van der Waals surface area contributed by atoms with Crippen LogP contribution in [0.2, 0.25) is 0 Å². The zero-order valence-electron chi connectivity index (χ0n) is 8.71. The molecule has 0 amide bonds. The standard InChI is InChI=1S/C13H12O3/c14-13(16-9-4-2-1-3-5-9)11-8-10-6-7-12(11)15-10/h1-7,10-12H,8H2. The number of para-hydroxylation sites is 1. The molecular formula is C13H12O3. The SMILES string of the molecule is O=C(Oc1ccccc1)C1CC2C=CC1O2. The maximum Gasteiger partial charge on any atom is 0.317 e. The van der Waals surface area contributed by atoms with Crippen LogP contribution < -0.4 is 4.74 Å². The van der Waals surface area contributed by atoms with Crippen molar-refractivity contribution in [2.45, 2.75) is 18.6 Å². The summed E-state index contributed by atoms with van der Waals surface area (Å²) in [4.78, 5) is 11.9. The van der Waals surface area contributed by atoms with Gasteiger partial charge in [-0.1, -0.05) is 30.4 Å². The highest BCUT2D eigenvalue weighted by Crippen LogP contribution is 2.34. The lowest BCUT2D eigenvalue weighted by atomic mass is 9.94. The number of rotatable bonds is 2. The Morgan fingerprint density at radius 2 is 2.06 bits per heavy atom. The summed E-state index contributed by atoms with van der Waals surface area (Å²) >= 11 is 0. The minimum Gasteiger partial charge on any atom is -0.426 e. The maximum absolute atomic E-state index is 11.9. The monoisotopic (exact) mass is 216 g/mol. The molecule has 3 nitrogen and oxygen atoms in total. The second-order valence-corrected chi connectivity index (χ2v) is 4.10. The molecule has 0 saturated carbocycles. The van der Waals surface area contributed by atoms with E-state index in [1.807, 2.05) is 30.4 Å². The predicted octanol–water partition coefficient (Wildman–Crippen LogP) is 1.94. The largest absolute Gasteiger partial charge is 0.426 e. The third-order valence-electron chi connectivity index (χ3n) is 2.99. The van der Waals surface area contributed by atoms with Gasteiger partial charge in [0.25, 0.3) is 0 Å². The van der Waals surface area contributed by atoms with Gasteiger partial charge in [-0.15, -0.1) is 0 Å². The van der Waals surface area contributed by atoms with E-state index >= 15 is 0 Å². The maximum atomic E-state index is 11.9. The van der Waals surface area contributed by atoms with Crippen molar-refractivity contribution in [1.82, 2.24) is 0 Å². The Kier molecular flexibility index (Phi) is 2.26. The van der Waals surface area contributed by atoms with Crippen LogP contribution in [0.3, 0.4) is 0 Å². The second kappa shape index (κ2) is 3.76. The number of fused-ring (bicyclic) bond motifs is 2. The second-order valence-electron chi connectivity index (χ2n) is 4.10. The number of ether oxygens (including phenoxy) is 2. The van der Waals surface area contributed by atoms with Gasteiger partial charge in [0.05, 0.1) is 18.1 Å². The molecule has 82 valence electrons. The van der Waals surface area contributed by atoms with Crippen LogP contribution in [0.25, 0.3) is 0 Å². The molecule has 3 atom stereocenters. The minimum atomic E-state index is -0.192. The number of carbonyl (C=O) groups is 1. The molecular weight excluding hydrogens is 204 g/mol. The smallest absolute Gasteiger partial charge is 0.317 e. The van der Waals surface area contributed by atoms with E-state index in [0.29, 0.717) is 5.75 Å². The lowest BCUT2D eigenvalue weighted by molar-refractivity contribution is -0.139. The number of hydrogen-bond donors (Lipinski definition) is 0. The minimum absolute atomic E-state index is 0.0822. The first kappa shape index (κ1) is 9.60. The molecule has 16 heavy (non-hydrogen) atoms. The van der Waals surface area contributed by atoms with Gasteiger partial charge in [0.2, 0.25) is 0 Å². The van der Waals surface area contributed by atoms with E-state index in [-0.39, 0.29) is 24.1 Å². The lowest BCUT2D eigenvalue weighted by Gasteiger charge is -2.13. The van der Waals surface area contributed by atoms with Crippen LogP contribution in [0.15, 0.2) is 42.5 Å². The highest BCUT2D eigenvalue weighted by molar-refractivity contribution is 5.76. The van der Waals surface area contributed by atoms with Crippen LogP contribution in [0, 0.1) is 5.92 Å². The van der Waals surface area contributed by atoms with Gasteiger partial charge < -0.3 is 9.47 Å². The molecule has 2 heterocycles. The van der Waals surface area contributed by atoms with Crippen molar-refractivity contribution in [2.24, 2.45) is 5.92 Å². The summed E-state index contributed by atoms with van der Waals surface area (Å²) in [7, 11) is 0. The van der Waals surface area contributed by atoms with Gasteiger partial charge in [-0.3, -0.25) is 4.79 Å². The molecule has 2 aliphatic rings. The van der Waals surface area contributed by atoms with E-state index < -0.39 is 0 Å². The average Bonchev–Trinajstić information content (AvgIpc) is 2.92. The molecule has 0 N–H and O–H groups in total. The summed E-state index contributed by atoms with van der Waals surface area (Å²) in [5.41, 5.74) is 0. The summed E-state index contributed by atoms with van der Waals surface area (Å²) < 4.78 is 10.8. The Morgan fingerprint density at radius 1 is 1.25 bits per heavy atom. The molecule has 0 spiro atoms. The van der Waals surface area contributed by atoms with Crippen LogP contribution in [0.4, 0.5) is 0 Å². The summed E-state index contributed by atoms with van der Waals surface area (Å²) in [6.07, 6.45) is 4.73. The van der Waals surface area contributed by atoms with E-state index in [1.165, 1.54) is 0 Å². The first-order valence-corrected chi connectivity index (χ1v) is 5.43. The molecule has 3 heteroatoms. The van der Waals surface area contributed by atoms with Crippen molar-refractivity contribution >= 4 is 5.97 Å². The molecule has 3 unspecified atom stereocenters. The van der Waals surface area contributed by atoms with Crippen LogP contribution in [-0.2, 0) is 9.53 Å². The Morgan fingerprint density at radius 3 is 2.69 bits per heavy atom. The number of hydrogen-bond acceptors (Lipinski definition) is 3. The topological polar surface area (TPSA) is 35.5 Å². The van der Waals surface area contributed by atoms with Crippen molar-refractivity contribution in [1.29, 1.82) is 0 Å². The highest BCUT2D eigenvalue weighted by atomic mass is 16.5. The van der Waals surface area contributed by atoms with Crippen molar-refractivity contribution in [3.63, 3.8) is 0 Å². The fourth-order valence-electron chi connectivity index (χ4n) is 2.18. The van der Waals surface area contributed by atoms with Crippen molar-refractivity contribution in [3.8, 4) is 5.75 Å². The Balaban J connectivity index is 1.69. The van der Waals surface area contributed by atoms with Crippen molar-refractivity contribution in [2.75, 3.05) is 0 Å². The summed E-state index contributed by atoms with van der Waals surface area (Å²) in [5, 5.41) is 0. The van der Waals surface area contributed by atoms with Crippen molar-refractivity contribution < 1.29 is 14.3 Å². The molecule has 3 rings (SSSR count). The Hall–Kier alpha value is -1.61. The normalized spacial score (nSPS) is 30.6. The number of benzene rings is 1. The molecule has 0 radical (unpaired) electrons. The molecule has 1 aromatic carbocycles. The third-order valence-corrected chi connectivity index (χ3v) is 2.99. The third kappa shape index (κ3) is 1.63. The summed E-state index contributed by atoms with van der Waals surface area (Å²) in [6.45, 7) is 0. The van der Waals surface area contributed by atoms with Gasteiger partial charge in [0.1, 0.15) is 5.75 Å². The van der Waals surface area contributed by atoms with Crippen LogP contribution >= 0.6 is 0 Å². The summed E-state index contributed by atoms with van der Waals surface area (Å²) in [6, 6.07) is 9.14. The molecule has 1 aromatic rings. The number of carbonyl (C=O) groups excluding carboxylic acids is 1. The van der Waals surface area contributed by atoms with Crippen molar-refractivity contribution in [3.05, 3.63) is 42.5 Å². The zero-order chi connectivity index (χ0) is 11.0. The van der Waals surface area contributed by atoms with Gasteiger partial charge in [0.15, 0.2) is 0 Å². The Labute approximate surface area is 93.7 Å². The van der Waals surface area contributed by atoms with E-state index in [2.05, 4.69) is 0 Å². The fraction of sp³-hybridized carbons (Fsp3) is 0.308. The molecule has 1 fully saturated rings.